The van der Waals surface area contributed by atoms with Crippen LogP contribution in [0.1, 0.15) is 38.7 Å². The van der Waals surface area contributed by atoms with Crippen molar-refractivity contribution in [3.05, 3.63) is 35.9 Å². The van der Waals surface area contributed by atoms with E-state index in [-0.39, 0.29) is 11.1 Å². The van der Waals surface area contributed by atoms with Crippen LogP contribution in [-0.4, -0.2) is 53.7 Å². The second-order valence-electron chi connectivity index (χ2n) is 7.78. The van der Waals surface area contributed by atoms with Gasteiger partial charge in [-0.2, -0.15) is 5.26 Å². The molecule has 4 heteroatoms. The molecule has 0 spiro atoms. The maximum atomic E-state index is 9.96. The third-order valence-corrected chi connectivity index (χ3v) is 5.38. The van der Waals surface area contributed by atoms with Gasteiger partial charge in [-0.05, 0) is 32.4 Å². The first-order valence-electron chi connectivity index (χ1n) is 9.10. The highest BCUT2D eigenvalue weighted by Gasteiger charge is 2.45. The first kappa shape index (κ1) is 17.4. The lowest BCUT2D eigenvalue weighted by Crippen LogP contribution is -2.56. The molecule has 0 bridgehead atoms. The van der Waals surface area contributed by atoms with Gasteiger partial charge in [0.2, 0.25) is 0 Å². The van der Waals surface area contributed by atoms with E-state index in [4.69, 9.17) is 4.74 Å². The molecular formula is C20H29N3O. The lowest BCUT2D eigenvalue weighted by molar-refractivity contribution is -0.103. The topological polar surface area (TPSA) is 39.5 Å². The summed E-state index contributed by atoms with van der Waals surface area (Å²) in [5.74, 6) is 0. The quantitative estimate of drug-likeness (QED) is 0.855. The van der Waals surface area contributed by atoms with Gasteiger partial charge in [0.25, 0.3) is 0 Å². The molecule has 3 rings (SSSR count). The second-order valence-corrected chi connectivity index (χ2v) is 7.78. The van der Waals surface area contributed by atoms with Crippen LogP contribution in [0.4, 0.5) is 0 Å². The van der Waals surface area contributed by atoms with Gasteiger partial charge in [-0.3, -0.25) is 9.80 Å². The lowest BCUT2D eigenvalue weighted by atomic mass is 9.81. The minimum Gasteiger partial charge on any atom is -0.375 e. The Balaban J connectivity index is 1.65. The summed E-state index contributed by atoms with van der Waals surface area (Å²) < 4.78 is 5.86. The molecule has 1 unspecified atom stereocenters. The molecule has 0 radical (unpaired) electrons. The third kappa shape index (κ3) is 3.97. The van der Waals surface area contributed by atoms with Crippen LogP contribution in [0, 0.1) is 11.3 Å². The summed E-state index contributed by atoms with van der Waals surface area (Å²) in [5.41, 5.74) is 0.808. The molecule has 0 aromatic heterocycles. The standard InChI is InChI=1S/C20H29N3O/c1-19(2)16-20(17-21,9-14-24-19)23-11-6-10-22(12-13-23)15-18-7-4-3-5-8-18/h3-5,7-8H,6,9-16H2,1-2H3. The molecule has 4 nitrogen and oxygen atoms in total. The average Bonchev–Trinajstić information content (AvgIpc) is 2.81. The Hall–Kier alpha value is -1.41. The Morgan fingerprint density at radius 1 is 1.12 bits per heavy atom. The van der Waals surface area contributed by atoms with Gasteiger partial charge >= 0.3 is 0 Å². The number of hydrogen-bond donors (Lipinski definition) is 0. The van der Waals surface area contributed by atoms with E-state index >= 15 is 0 Å². The number of benzene rings is 1. The Morgan fingerprint density at radius 2 is 1.92 bits per heavy atom. The zero-order chi connectivity index (χ0) is 17.0. The third-order valence-electron chi connectivity index (χ3n) is 5.38. The van der Waals surface area contributed by atoms with Crippen LogP contribution in [0.5, 0.6) is 0 Å². The normalized spacial score (nSPS) is 28.9. The van der Waals surface area contributed by atoms with Crippen molar-refractivity contribution in [2.24, 2.45) is 0 Å². The predicted molar refractivity (Wildman–Crippen MR) is 95.5 cm³/mol. The summed E-state index contributed by atoms with van der Waals surface area (Å²) in [5, 5.41) is 9.96. The molecule has 1 atom stereocenters. The van der Waals surface area contributed by atoms with Crippen molar-refractivity contribution in [1.82, 2.24) is 9.80 Å². The van der Waals surface area contributed by atoms with Crippen molar-refractivity contribution in [3.8, 4) is 6.07 Å². The van der Waals surface area contributed by atoms with E-state index in [0.29, 0.717) is 6.61 Å². The molecule has 0 aliphatic carbocycles. The van der Waals surface area contributed by atoms with Crippen LogP contribution in [0.2, 0.25) is 0 Å². The number of ether oxygens (including phenoxy) is 1. The predicted octanol–water partition coefficient (Wildman–Crippen LogP) is 3.05. The Kier molecular flexibility index (Phi) is 5.24. The van der Waals surface area contributed by atoms with Gasteiger partial charge in [-0.25, -0.2) is 0 Å². The fraction of sp³-hybridized carbons (Fsp3) is 0.650. The minimum atomic E-state index is -0.357. The summed E-state index contributed by atoms with van der Waals surface area (Å²) >= 11 is 0. The summed E-state index contributed by atoms with van der Waals surface area (Å²) in [7, 11) is 0. The molecule has 2 saturated heterocycles. The second kappa shape index (κ2) is 7.23. The van der Waals surface area contributed by atoms with Crippen molar-refractivity contribution in [2.75, 3.05) is 32.8 Å². The van der Waals surface area contributed by atoms with Gasteiger partial charge in [-0.15, -0.1) is 0 Å². The zero-order valence-corrected chi connectivity index (χ0v) is 15.0. The highest BCUT2D eigenvalue weighted by Crippen LogP contribution is 2.36. The largest absolute Gasteiger partial charge is 0.375 e. The van der Waals surface area contributed by atoms with Crippen molar-refractivity contribution < 1.29 is 4.74 Å². The van der Waals surface area contributed by atoms with Gasteiger partial charge in [0.1, 0.15) is 5.54 Å². The smallest absolute Gasteiger partial charge is 0.114 e. The van der Waals surface area contributed by atoms with E-state index in [1.54, 1.807) is 0 Å². The highest BCUT2D eigenvalue weighted by atomic mass is 16.5. The monoisotopic (exact) mass is 327 g/mol. The molecule has 2 aliphatic rings. The van der Waals surface area contributed by atoms with Gasteiger partial charge in [0.15, 0.2) is 0 Å². The first-order valence-corrected chi connectivity index (χ1v) is 9.10. The molecule has 1 aromatic rings. The van der Waals surface area contributed by atoms with Gasteiger partial charge in [-0.1, -0.05) is 30.3 Å². The Morgan fingerprint density at radius 3 is 2.62 bits per heavy atom. The van der Waals surface area contributed by atoms with Gasteiger partial charge < -0.3 is 4.74 Å². The van der Waals surface area contributed by atoms with Crippen LogP contribution >= 0.6 is 0 Å². The van der Waals surface area contributed by atoms with E-state index in [1.165, 1.54) is 5.56 Å². The SMILES string of the molecule is CC1(C)CC(C#N)(N2CCCN(Cc3ccccc3)CC2)CCO1. The molecule has 1 aromatic carbocycles. The zero-order valence-electron chi connectivity index (χ0n) is 15.0. The van der Waals surface area contributed by atoms with Crippen LogP contribution in [0.25, 0.3) is 0 Å². The summed E-state index contributed by atoms with van der Waals surface area (Å²) in [6, 6.07) is 13.3. The average molecular weight is 327 g/mol. The number of nitriles is 1. The Labute approximate surface area is 146 Å². The molecular weight excluding hydrogens is 298 g/mol. The van der Waals surface area contributed by atoms with Gasteiger partial charge in [0.05, 0.1) is 18.3 Å². The number of hydrogen-bond acceptors (Lipinski definition) is 4. The van der Waals surface area contributed by atoms with E-state index in [9.17, 15) is 5.26 Å². The van der Waals surface area contributed by atoms with Crippen LogP contribution < -0.4 is 0 Å². The molecule has 0 amide bonds. The van der Waals surface area contributed by atoms with Crippen molar-refractivity contribution in [2.45, 2.75) is 50.8 Å². The molecule has 24 heavy (non-hydrogen) atoms. The number of nitrogens with zero attached hydrogens (tertiary/aromatic N) is 3. The minimum absolute atomic E-state index is 0.204. The summed E-state index contributed by atoms with van der Waals surface area (Å²) in [4.78, 5) is 4.95. The van der Waals surface area contributed by atoms with Crippen LogP contribution in [-0.2, 0) is 11.3 Å². The molecule has 2 aliphatic heterocycles. The molecule has 0 saturated carbocycles. The highest BCUT2D eigenvalue weighted by molar-refractivity contribution is 5.15. The fourth-order valence-electron chi connectivity index (χ4n) is 4.17. The molecule has 130 valence electrons. The summed E-state index contributed by atoms with van der Waals surface area (Å²) in [6.45, 7) is 10.0. The van der Waals surface area contributed by atoms with Gasteiger partial charge in [0, 0.05) is 39.0 Å². The fourth-order valence-corrected chi connectivity index (χ4v) is 4.17. The van der Waals surface area contributed by atoms with Crippen molar-refractivity contribution >= 4 is 0 Å². The number of rotatable bonds is 3. The molecule has 2 heterocycles. The van der Waals surface area contributed by atoms with Crippen LogP contribution in [0.3, 0.4) is 0 Å². The maximum absolute atomic E-state index is 9.96. The molecule has 0 N–H and O–H groups in total. The van der Waals surface area contributed by atoms with E-state index < -0.39 is 0 Å². The lowest BCUT2D eigenvalue weighted by Gasteiger charge is -2.46. The molecule has 2 fully saturated rings. The maximum Gasteiger partial charge on any atom is 0.114 e. The van der Waals surface area contributed by atoms with Crippen molar-refractivity contribution in [3.63, 3.8) is 0 Å². The first-order chi connectivity index (χ1) is 11.5. The van der Waals surface area contributed by atoms with E-state index in [1.807, 2.05) is 0 Å². The Bertz CT molecular complexity index is 580. The summed E-state index contributed by atoms with van der Waals surface area (Å²) in [6.07, 6.45) is 2.75. The van der Waals surface area contributed by atoms with Crippen LogP contribution in [0.15, 0.2) is 30.3 Å². The van der Waals surface area contributed by atoms with E-state index in [2.05, 4.69) is 60.0 Å². The van der Waals surface area contributed by atoms with E-state index in [0.717, 1.165) is 52.0 Å². The van der Waals surface area contributed by atoms with Crippen molar-refractivity contribution in [1.29, 1.82) is 5.26 Å².